The number of rotatable bonds is 8. The summed E-state index contributed by atoms with van der Waals surface area (Å²) in [7, 11) is 0. The molecule has 3 aromatic rings. The molecule has 0 saturated carbocycles. The molecule has 1 fully saturated rings. The number of alkyl halides is 1. The summed E-state index contributed by atoms with van der Waals surface area (Å²) in [4.78, 5) is 28.0. The molecule has 6 nitrogen and oxygen atoms in total. The molecular formula is C30H34ClF2N3O3. The molecule has 0 aliphatic carbocycles. The van der Waals surface area contributed by atoms with Gasteiger partial charge >= 0.3 is 6.09 Å². The van der Waals surface area contributed by atoms with Crippen LogP contribution in [0.4, 0.5) is 13.6 Å². The zero-order valence-corrected chi connectivity index (χ0v) is 23.2. The number of aromatic nitrogens is 1. The molecule has 1 aliphatic heterocycles. The molecule has 1 saturated heterocycles. The average molecular weight is 558 g/mol. The van der Waals surface area contributed by atoms with Crippen molar-refractivity contribution in [1.29, 1.82) is 0 Å². The first-order valence-corrected chi connectivity index (χ1v) is 13.5. The summed E-state index contributed by atoms with van der Waals surface area (Å²) in [6.07, 6.45) is 1.46. The first-order valence-electron chi connectivity index (χ1n) is 13.0. The maximum absolute atomic E-state index is 14.9. The summed E-state index contributed by atoms with van der Waals surface area (Å²) < 4.78 is 31.0. The van der Waals surface area contributed by atoms with Gasteiger partial charge in [0, 0.05) is 49.2 Å². The van der Waals surface area contributed by atoms with Crippen LogP contribution in [0.3, 0.4) is 0 Å². The van der Waals surface area contributed by atoms with Crippen molar-refractivity contribution in [1.82, 2.24) is 14.4 Å². The predicted molar refractivity (Wildman–Crippen MR) is 148 cm³/mol. The number of carbonyl (C=O) groups excluding carboxylic acids is 1. The zero-order valence-electron chi connectivity index (χ0n) is 22.4. The van der Waals surface area contributed by atoms with Crippen LogP contribution in [0.5, 0.6) is 0 Å². The predicted octanol–water partition coefficient (Wildman–Crippen LogP) is 6.64. The van der Waals surface area contributed by atoms with Gasteiger partial charge in [0.1, 0.15) is 17.5 Å². The van der Waals surface area contributed by atoms with Crippen molar-refractivity contribution >= 4 is 23.6 Å². The lowest BCUT2D eigenvalue weighted by Crippen LogP contribution is -2.45. The van der Waals surface area contributed by atoms with Gasteiger partial charge in [-0.25, -0.2) is 13.6 Å². The number of carbonyl (C=O) groups is 2. The third-order valence-electron chi connectivity index (χ3n) is 7.22. The van der Waals surface area contributed by atoms with Crippen molar-refractivity contribution in [2.45, 2.75) is 39.8 Å². The Kier molecular flexibility index (Phi) is 8.64. The van der Waals surface area contributed by atoms with Crippen LogP contribution in [0.25, 0.3) is 11.1 Å². The Hall–Kier alpha value is -3.39. The Labute approximate surface area is 232 Å². The Morgan fingerprint density at radius 1 is 1.13 bits per heavy atom. The number of carboxylic acid groups (broad SMARTS) is 1. The van der Waals surface area contributed by atoms with Gasteiger partial charge in [0.05, 0.1) is 6.04 Å². The van der Waals surface area contributed by atoms with E-state index in [2.05, 4.69) is 0 Å². The van der Waals surface area contributed by atoms with E-state index in [-0.39, 0.29) is 23.3 Å². The Balaban J connectivity index is 1.82. The second-order valence-electron chi connectivity index (χ2n) is 11.2. The third-order valence-corrected chi connectivity index (χ3v) is 7.45. The topological polar surface area (TPSA) is 65.8 Å². The molecule has 1 unspecified atom stereocenters. The van der Waals surface area contributed by atoms with Crippen LogP contribution in [-0.4, -0.2) is 57.0 Å². The number of amides is 2. The molecule has 208 valence electrons. The summed E-state index contributed by atoms with van der Waals surface area (Å²) in [5.41, 5.74) is 1.94. The third kappa shape index (κ3) is 6.61. The number of hydrogen-bond donors (Lipinski definition) is 1. The van der Waals surface area contributed by atoms with Gasteiger partial charge in [-0.05, 0) is 47.6 Å². The lowest BCUT2D eigenvalue weighted by molar-refractivity contribution is -0.134. The Morgan fingerprint density at radius 2 is 1.85 bits per heavy atom. The number of benzene rings is 2. The van der Waals surface area contributed by atoms with E-state index in [4.69, 9.17) is 11.6 Å². The van der Waals surface area contributed by atoms with Gasteiger partial charge in [0.15, 0.2) is 0 Å². The maximum Gasteiger partial charge on any atom is 0.407 e. The lowest BCUT2D eigenvalue weighted by atomic mass is 9.82. The normalized spacial score (nSPS) is 16.4. The van der Waals surface area contributed by atoms with Crippen molar-refractivity contribution in [3.05, 3.63) is 83.7 Å². The minimum absolute atomic E-state index is 0.0456. The van der Waals surface area contributed by atoms with Gasteiger partial charge in [-0.1, -0.05) is 51.1 Å². The summed E-state index contributed by atoms with van der Waals surface area (Å²) in [6.45, 7) is 7.60. The summed E-state index contributed by atoms with van der Waals surface area (Å²) in [5.74, 6) is -1.63. The van der Waals surface area contributed by atoms with E-state index >= 15 is 0 Å². The minimum Gasteiger partial charge on any atom is -0.465 e. The first kappa shape index (κ1) is 28.6. The molecule has 2 aromatic carbocycles. The van der Waals surface area contributed by atoms with Crippen LogP contribution in [0.1, 0.15) is 44.5 Å². The number of nitrogens with zero attached hydrogens (tertiary/aromatic N) is 3. The molecule has 2 amide bonds. The van der Waals surface area contributed by atoms with Gasteiger partial charge in [0.2, 0.25) is 5.91 Å². The van der Waals surface area contributed by atoms with Crippen molar-refractivity contribution in [3.63, 3.8) is 0 Å². The summed E-state index contributed by atoms with van der Waals surface area (Å²) >= 11 is 6.11. The molecule has 39 heavy (non-hydrogen) atoms. The van der Waals surface area contributed by atoms with Gasteiger partial charge in [0.25, 0.3) is 0 Å². The van der Waals surface area contributed by atoms with Crippen molar-refractivity contribution in [2.75, 3.05) is 25.5 Å². The molecule has 1 aromatic heterocycles. The van der Waals surface area contributed by atoms with Gasteiger partial charge in [-0.3, -0.25) is 4.79 Å². The van der Waals surface area contributed by atoms with Crippen LogP contribution in [-0.2, 0) is 11.3 Å². The fraction of sp³-hybridized carbons (Fsp3) is 0.400. The van der Waals surface area contributed by atoms with Crippen LogP contribution < -0.4 is 0 Å². The van der Waals surface area contributed by atoms with Crippen LogP contribution >= 0.6 is 11.6 Å². The van der Waals surface area contributed by atoms with Gasteiger partial charge in [-0.2, -0.15) is 0 Å². The first-order chi connectivity index (χ1) is 18.5. The smallest absolute Gasteiger partial charge is 0.407 e. The molecule has 9 heteroatoms. The molecule has 4 rings (SSSR count). The molecule has 1 N–H and O–H groups in total. The largest absolute Gasteiger partial charge is 0.465 e. The Bertz CT molecular complexity index is 1320. The van der Waals surface area contributed by atoms with Crippen LogP contribution in [0, 0.1) is 23.0 Å². The summed E-state index contributed by atoms with van der Waals surface area (Å²) in [5, 5.41) is 9.43. The maximum atomic E-state index is 14.9. The van der Waals surface area contributed by atoms with Crippen LogP contribution in [0.2, 0.25) is 0 Å². The van der Waals surface area contributed by atoms with E-state index in [9.17, 15) is 23.5 Å². The standard InChI is InChI=1S/C30H34ClF2N3O3/c1-30(2,3)28(36(27(37)15-31)18-21-11-12-34(17-21)29(38)39)26-13-22(24-14-23(32)9-10-25(24)33)19-35(26)16-20-7-5-4-6-8-20/h4-10,13-14,19,21,28H,11-12,15-18H2,1-3H3,(H,38,39)/t21-,28?/m0/s1. The van der Waals surface area contributed by atoms with Crippen LogP contribution in [0.15, 0.2) is 60.8 Å². The highest BCUT2D eigenvalue weighted by Crippen LogP contribution is 2.42. The van der Waals surface area contributed by atoms with Crippen molar-refractivity contribution < 1.29 is 23.5 Å². The minimum atomic E-state index is -0.974. The van der Waals surface area contributed by atoms with Gasteiger partial charge < -0.3 is 19.5 Å². The number of hydrogen-bond acceptors (Lipinski definition) is 2. The molecule has 0 radical (unpaired) electrons. The van der Waals surface area contributed by atoms with E-state index in [1.54, 1.807) is 11.1 Å². The van der Waals surface area contributed by atoms with E-state index in [0.29, 0.717) is 38.2 Å². The van der Waals surface area contributed by atoms with E-state index in [1.807, 2.05) is 61.7 Å². The molecule has 2 atom stereocenters. The van der Waals surface area contributed by atoms with E-state index in [1.165, 1.54) is 11.0 Å². The highest BCUT2D eigenvalue weighted by atomic mass is 35.5. The highest BCUT2D eigenvalue weighted by Gasteiger charge is 2.39. The van der Waals surface area contributed by atoms with Crippen molar-refractivity contribution in [2.24, 2.45) is 11.3 Å². The molecule has 2 heterocycles. The average Bonchev–Trinajstić information content (AvgIpc) is 3.52. The number of likely N-dealkylation sites (tertiary alicyclic amines) is 1. The van der Waals surface area contributed by atoms with Crippen molar-refractivity contribution in [3.8, 4) is 11.1 Å². The molecular weight excluding hydrogens is 524 g/mol. The lowest BCUT2D eigenvalue weighted by Gasteiger charge is -2.42. The zero-order chi connectivity index (χ0) is 28.3. The SMILES string of the molecule is CC(C)(C)C(c1cc(-c2cc(F)ccc2F)cn1Cc1ccccc1)N(C[C@H]1CCN(C(=O)O)C1)C(=O)CCl. The molecule has 0 bridgehead atoms. The second-order valence-corrected chi connectivity index (χ2v) is 11.5. The quantitative estimate of drug-likeness (QED) is 0.316. The Morgan fingerprint density at radius 3 is 2.46 bits per heavy atom. The monoisotopic (exact) mass is 557 g/mol. The second kappa shape index (κ2) is 11.8. The highest BCUT2D eigenvalue weighted by molar-refractivity contribution is 6.27. The fourth-order valence-electron chi connectivity index (χ4n) is 5.47. The molecule has 1 aliphatic rings. The summed E-state index contributed by atoms with van der Waals surface area (Å²) in [6, 6.07) is 14.5. The molecule has 0 spiro atoms. The van der Waals surface area contributed by atoms with E-state index in [0.717, 1.165) is 23.4 Å². The van der Waals surface area contributed by atoms with E-state index < -0.39 is 29.2 Å². The van der Waals surface area contributed by atoms with Gasteiger partial charge in [-0.15, -0.1) is 11.6 Å². The fourth-order valence-corrected chi connectivity index (χ4v) is 5.63. The number of halogens is 3.